The lowest BCUT2D eigenvalue weighted by atomic mass is 10.1. The van der Waals surface area contributed by atoms with E-state index in [1.807, 2.05) is 0 Å². The molecule has 3 aromatic rings. The molecule has 2 aromatic heterocycles. The van der Waals surface area contributed by atoms with E-state index in [1.165, 1.54) is 6.08 Å². The number of benzene rings is 1. The minimum Gasteiger partial charge on any atom is -0.474 e. The summed E-state index contributed by atoms with van der Waals surface area (Å²) in [7, 11) is 0. The molecule has 1 aromatic carbocycles. The molecular formula is C29H29Cl2N5O4. The van der Waals surface area contributed by atoms with Crippen molar-refractivity contribution in [1.29, 1.82) is 0 Å². The molecule has 11 heteroatoms. The Balaban J connectivity index is 1.29. The minimum atomic E-state index is -0.922. The highest BCUT2D eigenvalue weighted by molar-refractivity contribution is 6.30. The largest absolute Gasteiger partial charge is 0.474 e. The molecule has 40 heavy (non-hydrogen) atoms. The number of hydrogen-bond acceptors (Lipinski definition) is 6. The number of hydrogen-bond donors (Lipinski definition) is 2. The van der Waals surface area contributed by atoms with E-state index < -0.39 is 17.9 Å². The highest BCUT2D eigenvalue weighted by Crippen LogP contribution is 2.19. The number of piperidine rings is 1. The zero-order valence-corrected chi connectivity index (χ0v) is 23.1. The Morgan fingerprint density at radius 2 is 1.80 bits per heavy atom. The SMILES string of the molecule is O=C(/C=C/c1ccc(Cl)cc1)N[C@@H](Cc1ccccn1)C(=O)NCC(=O)N1CCC(Oc2cccc(Cl)n2)CC1. The number of pyridine rings is 2. The smallest absolute Gasteiger partial charge is 0.244 e. The number of amides is 3. The van der Waals surface area contributed by atoms with Crippen LogP contribution in [0.3, 0.4) is 0 Å². The predicted octanol–water partition coefficient (Wildman–Crippen LogP) is 3.71. The van der Waals surface area contributed by atoms with Crippen LogP contribution in [0, 0.1) is 0 Å². The van der Waals surface area contributed by atoms with Crippen LogP contribution in [0.4, 0.5) is 0 Å². The topological polar surface area (TPSA) is 114 Å². The fraction of sp³-hybridized carbons (Fsp3) is 0.276. The van der Waals surface area contributed by atoms with Crippen LogP contribution in [0.1, 0.15) is 24.1 Å². The third-order valence-electron chi connectivity index (χ3n) is 6.26. The van der Waals surface area contributed by atoms with Gasteiger partial charge in [-0.25, -0.2) is 4.98 Å². The summed E-state index contributed by atoms with van der Waals surface area (Å²) in [4.78, 5) is 48.6. The van der Waals surface area contributed by atoms with Crippen molar-refractivity contribution in [2.24, 2.45) is 0 Å². The average molecular weight is 582 g/mol. The van der Waals surface area contributed by atoms with Gasteiger partial charge in [0.15, 0.2) is 0 Å². The molecule has 0 spiro atoms. The average Bonchev–Trinajstić information content (AvgIpc) is 2.96. The predicted molar refractivity (Wildman–Crippen MR) is 153 cm³/mol. The van der Waals surface area contributed by atoms with E-state index in [0.717, 1.165) is 5.56 Å². The highest BCUT2D eigenvalue weighted by Gasteiger charge is 2.26. The van der Waals surface area contributed by atoms with Crippen molar-refractivity contribution < 1.29 is 19.1 Å². The number of halogens is 2. The fourth-order valence-electron chi connectivity index (χ4n) is 4.15. The second-order valence-corrected chi connectivity index (χ2v) is 10.0. The Morgan fingerprint density at radius 1 is 1.02 bits per heavy atom. The number of likely N-dealkylation sites (tertiary alicyclic amines) is 1. The molecule has 0 unspecified atom stereocenters. The maximum absolute atomic E-state index is 13.1. The lowest BCUT2D eigenvalue weighted by molar-refractivity contribution is -0.135. The zero-order valence-electron chi connectivity index (χ0n) is 21.6. The van der Waals surface area contributed by atoms with Crippen LogP contribution >= 0.6 is 23.2 Å². The van der Waals surface area contributed by atoms with Crippen LogP contribution in [-0.2, 0) is 20.8 Å². The van der Waals surface area contributed by atoms with Gasteiger partial charge in [-0.1, -0.05) is 47.5 Å². The van der Waals surface area contributed by atoms with Crippen molar-refractivity contribution in [3.63, 3.8) is 0 Å². The molecule has 1 atom stereocenters. The van der Waals surface area contributed by atoms with Gasteiger partial charge in [0.05, 0.1) is 6.54 Å². The molecule has 0 saturated carbocycles. The second-order valence-electron chi connectivity index (χ2n) is 9.19. The molecule has 0 radical (unpaired) electrons. The Kier molecular flexibility index (Phi) is 10.5. The fourth-order valence-corrected chi connectivity index (χ4v) is 4.43. The minimum absolute atomic E-state index is 0.0801. The molecular weight excluding hydrogens is 553 g/mol. The number of carbonyl (C=O) groups excluding carboxylic acids is 3. The Morgan fingerprint density at radius 3 is 2.50 bits per heavy atom. The van der Waals surface area contributed by atoms with Crippen molar-refractivity contribution >= 4 is 47.0 Å². The van der Waals surface area contributed by atoms with Crippen molar-refractivity contribution in [1.82, 2.24) is 25.5 Å². The van der Waals surface area contributed by atoms with Gasteiger partial charge in [0, 0.05) is 61.4 Å². The summed E-state index contributed by atoms with van der Waals surface area (Å²) in [5.41, 5.74) is 1.42. The molecule has 9 nitrogen and oxygen atoms in total. The number of carbonyl (C=O) groups is 3. The first-order valence-electron chi connectivity index (χ1n) is 12.8. The summed E-state index contributed by atoms with van der Waals surface area (Å²) >= 11 is 11.8. The van der Waals surface area contributed by atoms with Gasteiger partial charge in [0.2, 0.25) is 23.6 Å². The van der Waals surface area contributed by atoms with Crippen LogP contribution < -0.4 is 15.4 Å². The van der Waals surface area contributed by atoms with E-state index >= 15 is 0 Å². The molecule has 1 aliphatic rings. The number of nitrogens with one attached hydrogen (secondary N) is 2. The Bertz CT molecular complexity index is 1330. The maximum Gasteiger partial charge on any atom is 0.244 e. The normalized spacial score (nSPS) is 14.5. The van der Waals surface area contributed by atoms with Gasteiger partial charge in [0.25, 0.3) is 0 Å². The third kappa shape index (κ3) is 9.07. The summed E-state index contributed by atoms with van der Waals surface area (Å²) in [6.45, 7) is 0.794. The molecule has 4 rings (SSSR count). The molecule has 2 N–H and O–H groups in total. The van der Waals surface area contributed by atoms with Gasteiger partial charge in [-0.05, 0) is 42.0 Å². The van der Waals surface area contributed by atoms with Gasteiger partial charge < -0.3 is 20.3 Å². The van der Waals surface area contributed by atoms with Crippen molar-refractivity contribution in [3.8, 4) is 5.88 Å². The van der Waals surface area contributed by atoms with Crippen LogP contribution in [-0.4, -0.2) is 64.4 Å². The monoisotopic (exact) mass is 581 g/mol. The van der Waals surface area contributed by atoms with Crippen LogP contribution in [0.5, 0.6) is 5.88 Å². The zero-order chi connectivity index (χ0) is 28.3. The second kappa shape index (κ2) is 14.4. The summed E-state index contributed by atoms with van der Waals surface area (Å²) in [6.07, 6.45) is 5.94. The summed E-state index contributed by atoms with van der Waals surface area (Å²) in [6, 6.07) is 16.6. The first-order chi connectivity index (χ1) is 19.4. The van der Waals surface area contributed by atoms with Crippen LogP contribution in [0.25, 0.3) is 6.08 Å². The molecule has 0 aliphatic carbocycles. The van der Waals surface area contributed by atoms with E-state index in [9.17, 15) is 14.4 Å². The van der Waals surface area contributed by atoms with E-state index in [2.05, 4.69) is 20.6 Å². The summed E-state index contributed by atoms with van der Waals surface area (Å²) < 4.78 is 5.88. The van der Waals surface area contributed by atoms with Gasteiger partial charge in [-0.2, -0.15) is 0 Å². The van der Waals surface area contributed by atoms with E-state index in [0.29, 0.717) is 47.7 Å². The van der Waals surface area contributed by atoms with Crippen LogP contribution in [0.15, 0.2) is 72.9 Å². The molecule has 1 aliphatic heterocycles. The molecule has 3 heterocycles. The van der Waals surface area contributed by atoms with E-state index in [4.69, 9.17) is 27.9 Å². The van der Waals surface area contributed by atoms with Gasteiger partial charge >= 0.3 is 0 Å². The van der Waals surface area contributed by atoms with Crippen molar-refractivity contribution in [3.05, 3.63) is 94.4 Å². The summed E-state index contributed by atoms with van der Waals surface area (Å²) in [5.74, 6) is -0.683. The van der Waals surface area contributed by atoms with Gasteiger partial charge in [-0.15, -0.1) is 0 Å². The highest BCUT2D eigenvalue weighted by atomic mass is 35.5. The number of aromatic nitrogens is 2. The molecule has 0 bridgehead atoms. The van der Waals surface area contributed by atoms with Crippen molar-refractivity contribution in [2.75, 3.05) is 19.6 Å². The third-order valence-corrected chi connectivity index (χ3v) is 6.72. The lowest BCUT2D eigenvalue weighted by Gasteiger charge is -2.32. The van der Waals surface area contributed by atoms with Crippen LogP contribution in [0.2, 0.25) is 10.2 Å². The Labute approximate surface area is 242 Å². The molecule has 1 saturated heterocycles. The first kappa shape index (κ1) is 29.0. The number of ether oxygens (including phenoxy) is 1. The first-order valence-corrected chi connectivity index (χ1v) is 13.6. The molecule has 1 fully saturated rings. The quantitative estimate of drug-likeness (QED) is 0.279. The Hall–Kier alpha value is -3.95. The van der Waals surface area contributed by atoms with Gasteiger partial charge in [0.1, 0.15) is 17.3 Å². The number of nitrogens with zero attached hydrogens (tertiary/aromatic N) is 3. The molecule has 208 valence electrons. The molecule has 3 amide bonds. The van der Waals surface area contributed by atoms with E-state index in [1.54, 1.807) is 77.8 Å². The summed E-state index contributed by atoms with van der Waals surface area (Å²) in [5, 5.41) is 6.35. The lowest BCUT2D eigenvalue weighted by Crippen LogP contribution is -2.51. The maximum atomic E-state index is 13.1. The van der Waals surface area contributed by atoms with E-state index in [-0.39, 0.29) is 25.0 Å². The van der Waals surface area contributed by atoms with Gasteiger partial charge in [-0.3, -0.25) is 19.4 Å². The number of rotatable bonds is 10. The van der Waals surface area contributed by atoms with Crippen molar-refractivity contribution in [2.45, 2.75) is 31.4 Å². The standard InChI is InChI=1S/C29H29Cl2N5O4/c30-21-10-7-20(8-11-21)9-12-26(37)34-24(18-22-4-1-2-15-32-22)29(39)33-19-28(38)36-16-13-23(14-17-36)40-27-6-3-5-25(31)35-27/h1-12,15,23-24H,13-14,16-19H2,(H,33,39)(H,34,37)/b12-9+/t24-/m0/s1.